The van der Waals surface area contributed by atoms with Crippen LogP contribution in [0, 0.1) is 0 Å². The molecule has 2 unspecified atom stereocenters. The first-order valence-corrected chi connectivity index (χ1v) is 18.0. The molecule has 1 heterocycles. The van der Waals surface area contributed by atoms with Crippen molar-refractivity contribution in [2.75, 3.05) is 0 Å². The fourth-order valence-corrected chi connectivity index (χ4v) is 33.7. The van der Waals surface area contributed by atoms with Gasteiger partial charge >= 0.3 is 144 Å². The predicted octanol–water partition coefficient (Wildman–Crippen LogP) is 0.315. The summed E-state index contributed by atoms with van der Waals surface area (Å²) < 4.78 is 4.78. The van der Waals surface area contributed by atoms with Gasteiger partial charge in [0.15, 0.2) is 0 Å². The summed E-state index contributed by atoms with van der Waals surface area (Å²) in [4.78, 5) is 0. The van der Waals surface area contributed by atoms with Crippen molar-refractivity contribution in [1.29, 1.82) is 0 Å². The molecular weight excluding hydrogens is 697 g/mol. The van der Waals surface area contributed by atoms with Gasteiger partial charge in [-0.25, -0.2) is 0 Å². The predicted molar refractivity (Wildman–Crippen MR) is 95.3 cm³/mol. The summed E-state index contributed by atoms with van der Waals surface area (Å²) in [6.45, 7) is 4.79. The molecule has 1 fully saturated rings. The molecule has 25 heavy (non-hydrogen) atoms. The largest absolute Gasteiger partial charge is 1.00 e. The Morgan fingerprint density at radius 2 is 1.08 bits per heavy atom. The van der Waals surface area contributed by atoms with Crippen molar-refractivity contribution in [2.45, 2.75) is 29.6 Å². The van der Waals surface area contributed by atoms with E-state index in [1.54, 1.807) is 30.6 Å². The molecule has 0 spiro atoms. The first-order valence-electron chi connectivity index (χ1n) is 8.75. The number of fused-ring (bicyclic) bond motifs is 2. The zero-order chi connectivity index (χ0) is 15.6. The molecule has 3 aliphatic rings. The molecule has 2 aromatic carbocycles. The van der Waals surface area contributed by atoms with Gasteiger partial charge in [0.1, 0.15) is 0 Å². The van der Waals surface area contributed by atoms with Crippen molar-refractivity contribution in [3.05, 3.63) is 81.9 Å². The van der Waals surface area contributed by atoms with Crippen LogP contribution in [0.4, 0.5) is 0 Å². The molecule has 1 aliphatic heterocycles. The molecule has 128 valence electrons. The van der Waals surface area contributed by atoms with E-state index in [1.165, 1.54) is 11.1 Å². The SMILES string of the molecule is CC1=Cc2ccccc2[CH]1[Hf+2]1([CH]2C(C)=Cc3ccccc32)[CH2][CH2]1.[I-].[I-]. The van der Waals surface area contributed by atoms with Crippen LogP contribution in [0.5, 0.6) is 0 Å². The molecule has 0 saturated carbocycles. The van der Waals surface area contributed by atoms with E-state index in [-0.39, 0.29) is 48.0 Å². The summed E-state index contributed by atoms with van der Waals surface area (Å²) in [6, 6.07) is 18.3. The van der Waals surface area contributed by atoms with Gasteiger partial charge in [0.05, 0.1) is 0 Å². The fraction of sp³-hybridized carbons (Fsp3) is 0.273. The number of benzene rings is 2. The summed E-state index contributed by atoms with van der Waals surface area (Å²) >= 11 is -2.41. The van der Waals surface area contributed by atoms with E-state index in [9.17, 15) is 0 Å². The van der Waals surface area contributed by atoms with Crippen LogP contribution in [0.3, 0.4) is 0 Å². The maximum Gasteiger partial charge on any atom is -1.00 e. The molecule has 0 nitrogen and oxygen atoms in total. The third-order valence-electron chi connectivity index (χ3n) is 6.27. The zero-order valence-corrected chi connectivity index (χ0v) is 22.5. The summed E-state index contributed by atoms with van der Waals surface area (Å²) in [5.41, 5.74) is 9.61. The average Bonchev–Trinajstić information content (AvgIpc) is 3.13. The molecule has 2 atom stereocenters. The van der Waals surface area contributed by atoms with Gasteiger partial charge in [-0.15, -0.1) is 0 Å². The minimum atomic E-state index is -2.41. The maximum absolute atomic E-state index is 2.47. The molecule has 0 amide bonds. The summed E-state index contributed by atoms with van der Waals surface area (Å²) in [6.07, 6.45) is 4.94. The molecule has 0 aromatic heterocycles. The number of hydrogen-bond donors (Lipinski definition) is 0. The summed E-state index contributed by atoms with van der Waals surface area (Å²) in [7, 11) is 0. The van der Waals surface area contributed by atoms with Crippen molar-refractivity contribution in [3.8, 4) is 0 Å². The first-order chi connectivity index (χ1) is 11.2. The van der Waals surface area contributed by atoms with Gasteiger partial charge in [-0.2, -0.15) is 0 Å². The third-order valence-corrected chi connectivity index (χ3v) is 26.0. The van der Waals surface area contributed by atoms with Crippen LogP contribution < -0.4 is 48.0 Å². The second-order valence-corrected chi connectivity index (χ2v) is 24.2. The Hall–Kier alpha value is 0.250. The van der Waals surface area contributed by atoms with Crippen molar-refractivity contribution in [1.82, 2.24) is 0 Å². The molecule has 1 saturated heterocycles. The van der Waals surface area contributed by atoms with E-state index in [2.05, 4.69) is 74.5 Å². The molecular formula is C22H22HfI2. The van der Waals surface area contributed by atoms with Gasteiger partial charge in [-0.05, 0) is 0 Å². The Morgan fingerprint density at radius 1 is 0.680 bits per heavy atom. The number of rotatable bonds is 2. The van der Waals surface area contributed by atoms with Crippen LogP contribution in [-0.2, 0) is 20.0 Å². The van der Waals surface area contributed by atoms with Crippen LogP contribution in [-0.4, -0.2) is 0 Å². The Balaban J connectivity index is 0.000000911. The van der Waals surface area contributed by atoms with Crippen LogP contribution in [0.2, 0.25) is 8.35 Å². The summed E-state index contributed by atoms with van der Waals surface area (Å²) in [5.74, 6) is 0. The number of hydrogen-bond acceptors (Lipinski definition) is 0. The zero-order valence-electron chi connectivity index (χ0n) is 14.6. The van der Waals surface area contributed by atoms with E-state index in [1.807, 2.05) is 0 Å². The standard InChI is InChI=1S/2C10H9.C2H4.Hf.2HI/c2*1-8-6-9-4-2-3-5-10(9)7-8;1-2;;;/h2*2-7H,1H3;1-2H2;;2*1H/q;;;+2;;/p-2. The Bertz CT molecular complexity index is 808. The second-order valence-electron chi connectivity index (χ2n) is 7.63. The molecule has 0 bridgehead atoms. The average molecular weight is 719 g/mol. The van der Waals surface area contributed by atoms with Gasteiger partial charge in [0.2, 0.25) is 0 Å². The van der Waals surface area contributed by atoms with Gasteiger partial charge < -0.3 is 48.0 Å². The normalized spacial score (nSPS) is 23.0. The maximum atomic E-state index is 2.47. The van der Waals surface area contributed by atoms with Gasteiger partial charge in [-0.3, -0.25) is 0 Å². The van der Waals surface area contributed by atoms with E-state index in [0.717, 1.165) is 7.35 Å². The van der Waals surface area contributed by atoms with Crippen LogP contribution in [0.15, 0.2) is 59.7 Å². The minimum absolute atomic E-state index is 0. The number of allylic oxidation sites excluding steroid dienone is 2. The smallest absolute Gasteiger partial charge is 1.00 e. The topological polar surface area (TPSA) is 0 Å². The Kier molecular flexibility index (Phi) is 5.87. The molecule has 5 rings (SSSR count). The molecule has 2 aliphatic carbocycles. The van der Waals surface area contributed by atoms with E-state index in [4.69, 9.17) is 0 Å². The van der Waals surface area contributed by atoms with Crippen molar-refractivity contribution in [3.63, 3.8) is 0 Å². The van der Waals surface area contributed by atoms with Crippen molar-refractivity contribution < 1.29 is 67.9 Å². The van der Waals surface area contributed by atoms with Crippen molar-refractivity contribution in [2.24, 2.45) is 0 Å². The van der Waals surface area contributed by atoms with E-state index in [0.29, 0.717) is 0 Å². The Morgan fingerprint density at radius 3 is 1.48 bits per heavy atom. The summed E-state index contributed by atoms with van der Waals surface area (Å²) in [5, 5.41) is 0. The number of halogens is 2. The quantitative estimate of drug-likeness (QED) is 0.311. The Labute approximate surface area is 189 Å². The minimum Gasteiger partial charge on any atom is -1.00 e. The van der Waals surface area contributed by atoms with E-state index >= 15 is 0 Å². The molecule has 0 radical (unpaired) electrons. The second kappa shape index (κ2) is 7.34. The molecule has 2 aromatic rings. The van der Waals surface area contributed by atoms with Crippen molar-refractivity contribution >= 4 is 12.2 Å². The van der Waals surface area contributed by atoms with Crippen LogP contribution >= 0.6 is 0 Å². The van der Waals surface area contributed by atoms with Gasteiger partial charge in [0, 0.05) is 0 Å². The fourth-order valence-electron chi connectivity index (χ4n) is 5.37. The first kappa shape index (κ1) is 20.0. The van der Waals surface area contributed by atoms with E-state index < -0.39 is 20.0 Å². The van der Waals surface area contributed by atoms with Crippen LogP contribution in [0.25, 0.3) is 12.2 Å². The molecule has 3 heteroatoms. The van der Waals surface area contributed by atoms with Gasteiger partial charge in [-0.1, -0.05) is 0 Å². The third kappa shape index (κ3) is 3.00. The van der Waals surface area contributed by atoms with Crippen LogP contribution in [0.1, 0.15) is 43.5 Å². The molecule has 0 N–H and O–H groups in total. The van der Waals surface area contributed by atoms with Gasteiger partial charge in [0.25, 0.3) is 0 Å². The monoisotopic (exact) mass is 720 g/mol.